The van der Waals surface area contributed by atoms with Crippen molar-refractivity contribution in [2.75, 3.05) is 24.7 Å². The van der Waals surface area contributed by atoms with E-state index < -0.39 is 0 Å². The van der Waals surface area contributed by atoms with Crippen LogP contribution in [0.2, 0.25) is 0 Å². The van der Waals surface area contributed by atoms with Crippen LogP contribution in [0, 0.1) is 0 Å². The molecular weight excluding hydrogens is 298 g/mol. The summed E-state index contributed by atoms with van der Waals surface area (Å²) in [5.41, 5.74) is 1.09. The number of anilines is 1. The van der Waals surface area contributed by atoms with Gasteiger partial charge in [-0.2, -0.15) is 11.8 Å². The summed E-state index contributed by atoms with van der Waals surface area (Å²) in [6.45, 7) is 7.67. The monoisotopic (exact) mass is 317 g/mol. The van der Waals surface area contributed by atoms with E-state index in [0.717, 1.165) is 28.2 Å². The quantitative estimate of drug-likeness (QED) is 0.813. The van der Waals surface area contributed by atoms with Crippen LogP contribution < -0.4 is 10.1 Å². The van der Waals surface area contributed by atoms with E-state index in [4.69, 9.17) is 4.74 Å². The standard InChI is InChI=1S/C13H20BrNOS/c1-13(2,3)17-6-5-15-11-7-10(14)8-12(9-11)16-4/h7-9,15H,5-6H2,1-4H3. The van der Waals surface area contributed by atoms with Crippen LogP contribution in [0.5, 0.6) is 5.75 Å². The third-order valence-electron chi connectivity index (χ3n) is 2.07. The largest absolute Gasteiger partial charge is 0.497 e. The van der Waals surface area contributed by atoms with Crippen molar-refractivity contribution < 1.29 is 4.74 Å². The summed E-state index contributed by atoms with van der Waals surface area (Å²) >= 11 is 5.43. The second-order valence-electron chi connectivity index (χ2n) is 4.77. The lowest BCUT2D eigenvalue weighted by atomic mass is 10.3. The number of ether oxygens (including phenoxy) is 1. The maximum absolute atomic E-state index is 5.22. The number of hydrogen-bond acceptors (Lipinski definition) is 3. The van der Waals surface area contributed by atoms with Gasteiger partial charge in [-0.1, -0.05) is 36.7 Å². The molecule has 1 rings (SSSR count). The highest BCUT2D eigenvalue weighted by atomic mass is 79.9. The second kappa shape index (κ2) is 6.55. The van der Waals surface area contributed by atoms with Crippen molar-refractivity contribution in [3.8, 4) is 5.75 Å². The molecule has 1 aromatic carbocycles. The van der Waals surface area contributed by atoms with Gasteiger partial charge in [0, 0.05) is 33.3 Å². The predicted molar refractivity (Wildman–Crippen MR) is 81.4 cm³/mol. The molecule has 0 amide bonds. The van der Waals surface area contributed by atoms with Gasteiger partial charge in [0.2, 0.25) is 0 Å². The van der Waals surface area contributed by atoms with E-state index in [9.17, 15) is 0 Å². The average molecular weight is 318 g/mol. The lowest BCUT2D eigenvalue weighted by molar-refractivity contribution is 0.414. The van der Waals surface area contributed by atoms with Crippen LogP contribution in [0.1, 0.15) is 20.8 Å². The second-order valence-corrected chi connectivity index (χ2v) is 7.60. The molecular formula is C13H20BrNOS. The van der Waals surface area contributed by atoms with Gasteiger partial charge in [0.05, 0.1) is 7.11 Å². The van der Waals surface area contributed by atoms with Gasteiger partial charge >= 0.3 is 0 Å². The fraction of sp³-hybridized carbons (Fsp3) is 0.538. The van der Waals surface area contributed by atoms with Gasteiger partial charge < -0.3 is 10.1 Å². The van der Waals surface area contributed by atoms with Gasteiger partial charge in [-0.05, 0) is 12.1 Å². The maximum Gasteiger partial charge on any atom is 0.122 e. The van der Waals surface area contributed by atoms with E-state index in [2.05, 4.69) is 48.1 Å². The van der Waals surface area contributed by atoms with Crippen molar-refractivity contribution in [3.05, 3.63) is 22.7 Å². The van der Waals surface area contributed by atoms with Gasteiger partial charge in [0.1, 0.15) is 5.75 Å². The Kier molecular flexibility index (Phi) is 5.67. The van der Waals surface area contributed by atoms with Gasteiger partial charge in [-0.25, -0.2) is 0 Å². The smallest absolute Gasteiger partial charge is 0.122 e. The van der Waals surface area contributed by atoms with E-state index in [1.54, 1.807) is 7.11 Å². The van der Waals surface area contributed by atoms with E-state index in [0.29, 0.717) is 4.75 Å². The van der Waals surface area contributed by atoms with Crippen molar-refractivity contribution in [1.29, 1.82) is 0 Å². The fourth-order valence-corrected chi connectivity index (χ4v) is 2.62. The molecule has 1 N–H and O–H groups in total. The Hall–Kier alpha value is -0.350. The van der Waals surface area contributed by atoms with Crippen molar-refractivity contribution in [3.63, 3.8) is 0 Å². The van der Waals surface area contributed by atoms with Crippen molar-refractivity contribution in [2.24, 2.45) is 0 Å². The topological polar surface area (TPSA) is 21.3 Å². The van der Waals surface area contributed by atoms with Crippen molar-refractivity contribution in [1.82, 2.24) is 0 Å². The summed E-state index contributed by atoms with van der Waals surface area (Å²) in [6.07, 6.45) is 0. The highest BCUT2D eigenvalue weighted by molar-refractivity contribution is 9.10. The molecule has 0 radical (unpaired) electrons. The van der Waals surface area contributed by atoms with E-state index in [1.807, 2.05) is 23.9 Å². The molecule has 0 aliphatic rings. The number of hydrogen-bond donors (Lipinski definition) is 1. The minimum atomic E-state index is 0.330. The Morgan fingerprint density at radius 1 is 1.29 bits per heavy atom. The van der Waals surface area contributed by atoms with Crippen LogP contribution in [0.3, 0.4) is 0 Å². The molecule has 4 heteroatoms. The van der Waals surface area contributed by atoms with Crippen LogP contribution in [0.4, 0.5) is 5.69 Å². The number of rotatable bonds is 5. The highest BCUT2D eigenvalue weighted by Gasteiger charge is 2.09. The Morgan fingerprint density at radius 2 is 2.00 bits per heavy atom. The zero-order chi connectivity index (χ0) is 12.9. The molecule has 0 saturated heterocycles. The molecule has 0 aliphatic carbocycles. The highest BCUT2D eigenvalue weighted by Crippen LogP contribution is 2.25. The Morgan fingerprint density at radius 3 is 2.59 bits per heavy atom. The van der Waals surface area contributed by atoms with Crippen molar-refractivity contribution >= 4 is 33.4 Å². The molecule has 0 atom stereocenters. The van der Waals surface area contributed by atoms with E-state index in [1.165, 1.54) is 0 Å². The SMILES string of the molecule is COc1cc(Br)cc(NCCSC(C)(C)C)c1. The number of benzene rings is 1. The minimum absolute atomic E-state index is 0.330. The summed E-state index contributed by atoms with van der Waals surface area (Å²) in [6, 6.07) is 6.02. The molecule has 0 aliphatic heterocycles. The number of nitrogens with one attached hydrogen (secondary N) is 1. The van der Waals surface area contributed by atoms with Crippen LogP contribution in [0.15, 0.2) is 22.7 Å². The molecule has 1 aromatic rings. The molecule has 0 unspecified atom stereocenters. The third kappa shape index (κ3) is 6.22. The number of thioether (sulfide) groups is 1. The first-order valence-electron chi connectivity index (χ1n) is 5.63. The maximum atomic E-state index is 5.22. The lowest BCUT2D eigenvalue weighted by Gasteiger charge is -2.17. The molecule has 17 heavy (non-hydrogen) atoms. The van der Waals surface area contributed by atoms with Crippen LogP contribution in [-0.4, -0.2) is 24.2 Å². The molecule has 96 valence electrons. The number of halogens is 1. The van der Waals surface area contributed by atoms with Crippen LogP contribution >= 0.6 is 27.7 Å². The van der Waals surface area contributed by atoms with Crippen LogP contribution in [-0.2, 0) is 0 Å². The molecule has 0 fully saturated rings. The molecule has 2 nitrogen and oxygen atoms in total. The first kappa shape index (κ1) is 14.7. The summed E-state index contributed by atoms with van der Waals surface area (Å²) in [5, 5.41) is 3.40. The third-order valence-corrected chi connectivity index (χ3v) is 3.81. The van der Waals surface area contributed by atoms with Gasteiger partial charge in [-0.15, -0.1) is 0 Å². The zero-order valence-corrected chi connectivity index (χ0v) is 13.2. The summed E-state index contributed by atoms with van der Waals surface area (Å²) in [5.74, 6) is 1.96. The molecule has 0 heterocycles. The summed E-state index contributed by atoms with van der Waals surface area (Å²) < 4.78 is 6.58. The lowest BCUT2D eigenvalue weighted by Crippen LogP contribution is -2.12. The van der Waals surface area contributed by atoms with Gasteiger partial charge in [0.25, 0.3) is 0 Å². The molecule has 0 aromatic heterocycles. The Labute approximate surface area is 117 Å². The van der Waals surface area contributed by atoms with Gasteiger partial charge in [0.15, 0.2) is 0 Å². The Balaban J connectivity index is 2.44. The van der Waals surface area contributed by atoms with Crippen molar-refractivity contribution in [2.45, 2.75) is 25.5 Å². The fourth-order valence-electron chi connectivity index (χ4n) is 1.34. The van der Waals surface area contributed by atoms with Gasteiger partial charge in [-0.3, -0.25) is 0 Å². The summed E-state index contributed by atoms with van der Waals surface area (Å²) in [7, 11) is 1.68. The molecule has 0 spiro atoms. The molecule has 0 bridgehead atoms. The normalized spacial score (nSPS) is 11.4. The predicted octanol–water partition coefficient (Wildman–Crippen LogP) is 4.40. The van der Waals surface area contributed by atoms with E-state index >= 15 is 0 Å². The first-order valence-corrected chi connectivity index (χ1v) is 7.41. The van der Waals surface area contributed by atoms with Crippen LogP contribution in [0.25, 0.3) is 0 Å². The Bertz CT molecular complexity index is 363. The number of methoxy groups -OCH3 is 1. The average Bonchev–Trinajstić information content (AvgIpc) is 2.22. The zero-order valence-electron chi connectivity index (χ0n) is 10.8. The molecule has 0 saturated carbocycles. The first-order chi connectivity index (χ1) is 7.90. The summed E-state index contributed by atoms with van der Waals surface area (Å²) in [4.78, 5) is 0. The van der Waals surface area contributed by atoms with E-state index in [-0.39, 0.29) is 0 Å². The minimum Gasteiger partial charge on any atom is -0.497 e.